The summed E-state index contributed by atoms with van der Waals surface area (Å²) in [5.41, 5.74) is 3.63. The molecule has 0 aliphatic carbocycles. The quantitative estimate of drug-likeness (QED) is 0.578. The zero-order valence-corrected chi connectivity index (χ0v) is 18.0. The predicted molar refractivity (Wildman–Crippen MR) is 118 cm³/mol. The van der Waals surface area contributed by atoms with Crippen LogP contribution in [0.5, 0.6) is 0 Å². The van der Waals surface area contributed by atoms with Gasteiger partial charge in [0.15, 0.2) is 4.91 Å². The molecule has 154 valence electrons. The standard InChI is InChI=1S/C22H19FN2O3S2/c1-14-3-4-15(2)18(11-14)24-12-20-21(26)22-19(9-10-29-22)25(30(20,27)28)13-16-5-7-17(23)8-6-16/h3-12,24H,13H2,1-2H3/b20-12-. The lowest BCUT2D eigenvalue weighted by atomic mass is 10.1. The maximum atomic E-state index is 13.4. The van der Waals surface area contributed by atoms with Crippen LogP contribution in [0, 0.1) is 19.7 Å². The van der Waals surface area contributed by atoms with Gasteiger partial charge in [0.25, 0.3) is 10.0 Å². The van der Waals surface area contributed by atoms with Gasteiger partial charge in [-0.3, -0.25) is 9.10 Å². The first-order chi connectivity index (χ1) is 14.3. The topological polar surface area (TPSA) is 66.5 Å². The molecule has 1 N–H and O–H groups in total. The van der Waals surface area contributed by atoms with E-state index in [1.807, 2.05) is 32.0 Å². The van der Waals surface area contributed by atoms with E-state index in [0.717, 1.165) is 16.8 Å². The van der Waals surface area contributed by atoms with Crippen LogP contribution in [0.15, 0.2) is 65.0 Å². The third-order valence-corrected chi connectivity index (χ3v) is 7.57. The Balaban J connectivity index is 1.75. The van der Waals surface area contributed by atoms with Crippen molar-refractivity contribution in [2.75, 3.05) is 9.62 Å². The minimum atomic E-state index is -4.10. The number of carbonyl (C=O) groups excluding carboxylic acids is 1. The number of nitrogens with zero attached hydrogens (tertiary/aromatic N) is 1. The van der Waals surface area contributed by atoms with Gasteiger partial charge in [0.1, 0.15) is 10.7 Å². The molecule has 0 fully saturated rings. The van der Waals surface area contributed by atoms with Crippen LogP contribution in [-0.4, -0.2) is 14.2 Å². The Labute approximate surface area is 178 Å². The maximum Gasteiger partial charge on any atom is 0.270 e. The molecule has 1 aromatic heterocycles. The van der Waals surface area contributed by atoms with Crippen LogP contribution in [0.2, 0.25) is 0 Å². The molecule has 30 heavy (non-hydrogen) atoms. The van der Waals surface area contributed by atoms with Crippen LogP contribution in [0.3, 0.4) is 0 Å². The molecular formula is C22H19FN2O3S2. The average molecular weight is 443 g/mol. The number of nitrogens with one attached hydrogen (secondary N) is 1. The number of fused-ring (bicyclic) bond motifs is 1. The summed E-state index contributed by atoms with van der Waals surface area (Å²) in [5.74, 6) is -0.932. The van der Waals surface area contributed by atoms with Crippen LogP contribution < -0.4 is 9.62 Å². The third-order valence-electron chi connectivity index (χ3n) is 4.90. The third kappa shape index (κ3) is 3.64. The van der Waals surface area contributed by atoms with Gasteiger partial charge in [-0.05, 0) is 60.2 Å². The average Bonchev–Trinajstić information content (AvgIpc) is 3.18. The number of ketones is 1. The number of thiophene rings is 1. The van der Waals surface area contributed by atoms with Crippen molar-refractivity contribution in [2.45, 2.75) is 20.4 Å². The summed E-state index contributed by atoms with van der Waals surface area (Å²) < 4.78 is 41.2. The van der Waals surface area contributed by atoms with Crippen molar-refractivity contribution in [1.82, 2.24) is 0 Å². The fourth-order valence-electron chi connectivity index (χ4n) is 3.25. The number of allylic oxidation sites excluding steroid dienone is 1. The number of hydrogen-bond donors (Lipinski definition) is 1. The Morgan fingerprint density at radius 2 is 1.83 bits per heavy atom. The van der Waals surface area contributed by atoms with Gasteiger partial charge in [0.05, 0.1) is 12.2 Å². The Morgan fingerprint density at radius 3 is 2.57 bits per heavy atom. The van der Waals surface area contributed by atoms with Crippen LogP contribution in [0.1, 0.15) is 26.4 Å². The SMILES string of the molecule is Cc1ccc(C)c(N/C=C2/C(=O)c3sccc3N(Cc3ccc(F)cc3)S2(=O)=O)c1. The molecule has 4 rings (SSSR count). The lowest BCUT2D eigenvalue weighted by Crippen LogP contribution is -2.38. The maximum absolute atomic E-state index is 13.4. The highest BCUT2D eigenvalue weighted by molar-refractivity contribution is 7.97. The van der Waals surface area contributed by atoms with E-state index in [2.05, 4.69) is 5.32 Å². The summed E-state index contributed by atoms with van der Waals surface area (Å²) in [6.45, 7) is 3.83. The number of aryl methyl sites for hydroxylation is 2. The number of rotatable bonds is 4. The van der Waals surface area contributed by atoms with Crippen LogP contribution in [-0.2, 0) is 16.6 Å². The van der Waals surface area contributed by atoms with Gasteiger partial charge in [-0.25, -0.2) is 12.8 Å². The van der Waals surface area contributed by atoms with Crippen molar-refractivity contribution in [1.29, 1.82) is 0 Å². The highest BCUT2D eigenvalue weighted by atomic mass is 32.2. The number of anilines is 2. The molecule has 1 aliphatic rings. The number of halogens is 1. The molecule has 0 radical (unpaired) electrons. The number of hydrogen-bond acceptors (Lipinski definition) is 5. The molecule has 2 heterocycles. The fourth-order valence-corrected chi connectivity index (χ4v) is 5.73. The predicted octanol–water partition coefficient (Wildman–Crippen LogP) is 4.99. The van der Waals surface area contributed by atoms with Crippen LogP contribution >= 0.6 is 11.3 Å². The molecule has 0 amide bonds. The summed E-state index contributed by atoms with van der Waals surface area (Å²) in [4.78, 5) is 13.0. The van der Waals surface area contributed by atoms with E-state index in [9.17, 15) is 17.6 Å². The van der Waals surface area contributed by atoms with Crippen molar-refractivity contribution in [3.8, 4) is 0 Å². The van der Waals surface area contributed by atoms with Gasteiger partial charge in [-0.15, -0.1) is 11.3 Å². The van der Waals surface area contributed by atoms with Gasteiger partial charge < -0.3 is 5.32 Å². The monoisotopic (exact) mass is 442 g/mol. The van der Waals surface area contributed by atoms with E-state index in [-0.39, 0.29) is 11.4 Å². The Kier molecular flexibility index (Phi) is 5.21. The second-order valence-electron chi connectivity index (χ2n) is 7.07. The normalized spacial score (nSPS) is 16.6. The zero-order chi connectivity index (χ0) is 21.5. The number of benzene rings is 2. The van der Waals surface area contributed by atoms with Crippen LogP contribution in [0.25, 0.3) is 0 Å². The molecule has 1 aliphatic heterocycles. The Bertz CT molecular complexity index is 1260. The molecule has 3 aromatic rings. The van der Waals surface area contributed by atoms with Gasteiger partial charge in [-0.1, -0.05) is 24.3 Å². The van der Waals surface area contributed by atoms with Crippen molar-refractivity contribution < 1.29 is 17.6 Å². The highest BCUT2D eigenvalue weighted by Gasteiger charge is 2.41. The molecule has 0 saturated carbocycles. The molecule has 0 saturated heterocycles. The number of carbonyl (C=O) groups is 1. The van der Waals surface area contributed by atoms with Gasteiger partial charge in [0, 0.05) is 11.9 Å². The smallest absolute Gasteiger partial charge is 0.270 e. The molecule has 8 heteroatoms. The molecule has 0 unspecified atom stereocenters. The molecular weight excluding hydrogens is 423 g/mol. The van der Waals surface area contributed by atoms with E-state index < -0.39 is 21.6 Å². The number of Topliss-reactive ketones (excluding diaryl/α,β-unsaturated/α-hetero) is 1. The molecule has 2 aromatic carbocycles. The lowest BCUT2D eigenvalue weighted by molar-refractivity contribution is 0.104. The van der Waals surface area contributed by atoms with Crippen molar-refractivity contribution >= 4 is 38.5 Å². The zero-order valence-electron chi connectivity index (χ0n) is 16.3. The summed E-state index contributed by atoms with van der Waals surface area (Å²) in [6.07, 6.45) is 1.26. The van der Waals surface area contributed by atoms with Gasteiger partial charge in [0.2, 0.25) is 5.78 Å². The van der Waals surface area contributed by atoms with E-state index in [1.54, 1.807) is 11.4 Å². The van der Waals surface area contributed by atoms with Gasteiger partial charge in [-0.2, -0.15) is 0 Å². The number of sulfonamides is 1. The lowest BCUT2D eigenvalue weighted by Gasteiger charge is -2.29. The summed E-state index contributed by atoms with van der Waals surface area (Å²) >= 11 is 1.20. The van der Waals surface area contributed by atoms with Crippen molar-refractivity contribution in [2.24, 2.45) is 0 Å². The first-order valence-corrected chi connectivity index (χ1v) is 11.5. The molecule has 5 nitrogen and oxygen atoms in total. The van der Waals surface area contributed by atoms with E-state index in [4.69, 9.17) is 0 Å². The largest absolute Gasteiger partial charge is 0.360 e. The van der Waals surface area contributed by atoms with Gasteiger partial charge >= 0.3 is 0 Å². The summed E-state index contributed by atoms with van der Waals surface area (Å²) in [6, 6.07) is 13.0. The summed E-state index contributed by atoms with van der Waals surface area (Å²) in [7, 11) is -4.10. The van der Waals surface area contributed by atoms with Crippen molar-refractivity contribution in [3.05, 3.63) is 92.4 Å². The fraction of sp³-hybridized carbons (Fsp3) is 0.136. The second-order valence-corrected chi connectivity index (χ2v) is 9.82. The minimum Gasteiger partial charge on any atom is -0.360 e. The molecule has 0 atom stereocenters. The van der Waals surface area contributed by atoms with Crippen LogP contribution in [0.4, 0.5) is 15.8 Å². The summed E-state index contributed by atoms with van der Waals surface area (Å²) in [5, 5.41) is 4.68. The first kappa shape index (κ1) is 20.3. The van der Waals surface area contributed by atoms with E-state index in [0.29, 0.717) is 16.1 Å². The Morgan fingerprint density at radius 1 is 1.10 bits per heavy atom. The molecule has 0 bridgehead atoms. The molecule has 0 spiro atoms. The van der Waals surface area contributed by atoms with E-state index >= 15 is 0 Å². The Hall–Kier alpha value is -2.97. The second kappa shape index (κ2) is 7.70. The van der Waals surface area contributed by atoms with E-state index in [1.165, 1.54) is 46.1 Å². The first-order valence-electron chi connectivity index (χ1n) is 9.21. The highest BCUT2D eigenvalue weighted by Crippen LogP contribution is 2.39. The minimum absolute atomic E-state index is 0.000436. The van der Waals surface area contributed by atoms with Crippen molar-refractivity contribution in [3.63, 3.8) is 0 Å².